The summed E-state index contributed by atoms with van der Waals surface area (Å²) in [6, 6.07) is 6.70. The zero-order valence-corrected chi connectivity index (χ0v) is 12.0. The fourth-order valence-electron chi connectivity index (χ4n) is 2.42. The maximum atomic E-state index is 12.1. The van der Waals surface area contributed by atoms with E-state index >= 15 is 0 Å². The molecule has 8 heteroatoms. The molecule has 0 aliphatic heterocycles. The van der Waals surface area contributed by atoms with Crippen LogP contribution in [-0.2, 0) is 0 Å². The first kappa shape index (κ1) is 13.9. The van der Waals surface area contributed by atoms with E-state index in [-0.39, 0.29) is 5.75 Å². The van der Waals surface area contributed by atoms with Crippen LogP contribution in [0.15, 0.2) is 36.9 Å². The summed E-state index contributed by atoms with van der Waals surface area (Å²) in [6.45, 7) is -2.83. The van der Waals surface area contributed by atoms with Crippen LogP contribution in [0.2, 0.25) is 0 Å². The highest BCUT2D eigenvalue weighted by atomic mass is 19.3. The van der Waals surface area contributed by atoms with Crippen molar-refractivity contribution in [2.45, 2.75) is 25.5 Å². The minimum atomic E-state index is -2.83. The SMILES string of the molecule is FC(F)Oc1ccc(Nc2ncnc3c2ncn3C2CC2)cc1. The van der Waals surface area contributed by atoms with Gasteiger partial charge >= 0.3 is 6.61 Å². The van der Waals surface area contributed by atoms with Gasteiger partial charge in [-0.15, -0.1) is 0 Å². The molecule has 1 aliphatic carbocycles. The van der Waals surface area contributed by atoms with Crippen LogP contribution in [-0.4, -0.2) is 26.1 Å². The highest BCUT2D eigenvalue weighted by Crippen LogP contribution is 2.37. The number of aromatic nitrogens is 4. The van der Waals surface area contributed by atoms with Crippen LogP contribution in [0, 0.1) is 0 Å². The van der Waals surface area contributed by atoms with Gasteiger partial charge < -0.3 is 14.6 Å². The van der Waals surface area contributed by atoms with Crippen LogP contribution in [0.1, 0.15) is 18.9 Å². The predicted octanol–water partition coefficient (Wildman–Crippen LogP) is 3.51. The fraction of sp³-hybridized carbons (Fsp3) is 0.267. The first-order valence-electron chi connectivity index (χ1n) is 7.20. The van der Waals surface area contributed by atoms with Crippen molar-refractivity contribution in [2.24, 2.45) is 0 Å². The Morgan fingerprint density at radius 1 is 1.13 bits per heavy atom. The summed E-state index contributed by atoms with van der Waals surface area (Å²) in [5.74, 6) is 0.688. The van der Waals surface area contributed by atoms with E-state index in [1.807, 2.05) is 0 Å². The van der Waals surface area contributed by atoms with Gasteiger partial charge in [0.1, 0.15) is 12.1 Å². The van der Waals surface area contributed by atoms with Gasteiger partial charge in [0.25, 0.3) is 0 Å². The molecule has 0 atom stereocenters. The van der Waals surface area contributed by atoms with Gasteiger partial charge in [-0.2, -0.15) is 8.78 Å². The number of hydrogen-bond acceptors (Lipinski definition) is 5. The lowest BCUT2D eigenvalue weighted by Crippen LogP contribution is -2.02. The van der Waals surface area contributed by atoms with Gasteiger partial charge in [-0.3, -0.25) is 0 Å². The zero-order valence-electron chi connectivity index (χ0n) is 12.0. The number of ether oxygens (including phenoxy) is 1. The second-order valence-electron chi connectivity index (χ2n) is 5.31. The van der Waals surface area contributed by atoms with E-state index in [4.69, 9.17) is 0 Å². The third kappa shape index (κ3) is 2.79. The van der Waals surface area contributed by atoms with Gasteiger partial charge in [0.15, 0.2) is 17.0 Å². The van der Waals surface area contributed by atoms with Crippen LogP contribution in [0.3, 0.4) is 0 Å². The number of halogens is 2. The maximum Gasteiger partial charge on any atom is 0.387 e. The lowest BCUT2D eigenvalue weighted by atomic mass is 10.3. The maximum absolute atomic E-state index is 12.1. The molecular formula is C15H13F2N5O. The summed E-state index contributed by atoms with van der Waals surface area (Å²) in [5, 5.41) is 3.13. The minimum Gasteiger partial charge on any atom is -0.435 e. The number of alkyl halides is 2. The van der Waals surface area contributed by atoms with Gasteiger partial charge in [0, 0.05) is 11.7 Å². The second kappa shape index (κ2) is 5.45. The van der Waals surface area contributed by atoms with Crippen LogP contribution in [0.4, 0.5) is 20.3 Å². The largest absolute Gasteiger partial charge is 0.435 e. The average molecular weight is 317 g/mol. The number of fused-ring (bicyclic) bond motifs is 1. The van der Waals surface area contributed by atoms with Gasteiger partial charge in [-0.1, -0.05) is 0 Å². The number of hydrogen-bond donors (Lipinski definition) is 1. The van der Waals surface area contributed by atoms with Crippen molar-refractivity contribution < 1.29 is 13.5 Å². The van der Waals surface area contributed by atoms with Gasteiger partial charge in [-0.25, -0.2) is 15.0 Å². The lowest BCUT2D eigenvalue weighted by Gasteiger charge is -2.08. The lowest BCUT2D eigenvalue weighted by molar-refractivity contribution is -0.0498. The Kier molecular flexibility index (Phi) is 3.29. The molecule has 1 aromatic carbocycles. The number of nitrogens with zero attached hydrogens (tertiary/aromatic N) is 4. The topological polar surface area (TPSA) is 64.9 Å². The Morgan fingerprint density at radius 2 is 1.91 bits per heavy atom. The predicted molar refractivity (Wildman–Crippen MR) is 80.0 cm³/mol. The molecule has 0 amide bonds. The van der Waals surface area contributed by atoms with E-state index in [1.165, 1.54) is 18.5 Å². The summed E-state index contributed by atoms with van der Waals surface area (Å²) in [6.07, 6.45) is 5.55. The molecule has 1 aliphatic rings. The highest BCUT2D eigenvalue weighted by Gasteiger charge is 2.26. The summed E-state index contributed by atoms with van der Waals surface area (Å²) in [4.78, 5) is 12.9. The molecular weight excluding hydrogens is 304 g/mol. The quantitative estimate of drug-likeness (QED) is 0.780. The third-order valence-electron chi connectivity index (χ3n) is 3.64. The van der Waals surface area contributed by atoms with E-state index in [0.717, 1.165) is 18.5 Å². The van der Waals surface area contributed by atoms with Crippen LogP contribution >= 0.6 is 0 Å². The number of rotatable bonds is 5. The second-order valence-corrected chi connectivity index (χ2v) is 5.31. The summed E-state index contributed by atoms with van der Waals surface area (Å²) < 4.78 is 30.7. The Bertz CT molecular complexity index is 830. The molecule has 1 saturated carbocycles. The molecule has 1 fully saturated rings. The molecule has 0 radical (unpaired) electrons. The van der Waals surface area contributed by atoms with Crippen molar-refractivity contribution in [1.82, 2.24) is 19.5 Å². The number of benzene rings is 1. The molecule has 4 rings (SSSR count). The molecule has 0 spiro atoms. The van der Waals surface area contributed by atoms with E-state index in [9.17, 15) is 8.78 Å². The van der Waals surface area contributed by atoms with Crippen molar-refractivity contribution in [3.63, 3.8) is 0 Å². The summed E-state index contributed by atoms with van der Waals surface area (Å²) in [5.41, 5.74) is 2.18. The number of nitrogens with one attached hydrogen (secondary N) is 1. The van der Waals surface area contributed by atoms with Gasteiger partial charge in [0.05, 0.1) is 6.33 Å². The third-order valence-corrected chi connectivity index (χ3v) is 3.64. The number of anilines is 2. The smallest absolute Gasteiger partial charge is 0.387 e. The summed E-state index contributed by atoms with van der Waals surface area (Å²) in [7, 11) is 0. The normalized spacial score (nSPS) is 14.4. The molecule has 23 heavy (non-hydrogen) atoms. The van der Waals surface area contributed by atoms with E-state index in [1.54, 1.807) is 18.5 Å². The Labute approximate surface area is 130 Å². The number of imidazole rings is 1. The molecule has 1 N–H and O–H groups in total. The van der Waals surface area contributed by atoms with Crippen LogP contribution < -0.4 is 10.1 Å². The van der Waals surface area contributed by atoms with Gasteiger partial charge in [0.2, 0.25) is 0 Å². The zero-order chi connectivity index (χ0) is 15.8. The fourth-order valence-corrected chi connectivity index (χ4v) is 2.42. The molecule has 0 bridgehead atoms. The highest BCUT2D eigenvalue weighted by molar-refractivity contribution is 5.85. The molecule has 118 valence electrons. The molecule has 0 unspecified atom stereocenters. The van der Waals surface area contributed by atoms with Crippen molar-refractivity contribution in [1.29, 1.82) is 0 Å². The molecule has 3 aromatic rings. The first-order chi connectivity index (χ1) is 11.2. The van der Waals surface area contributed by atoms with E-state index in [0.29, 0.717) is 23.1 Å². The van der Waals surface area contributed by atoms with Crippen LogP contribution in [0.25, 0.3) is 11.2 Å². The summed E-state index contributed by atoms with van der Waals surface area (Å²) >= 11 is 0. The standard InChI is InChI=1S/C15H13F2N5O/c16-15(17)23-11-5-1-9(2-6-11)21-13-12-14(19-7-18-13)22(8-20-12)10-3-4-10/h1-2,5-8,10,15H,3-4H2,(H,18,19,21). The van der Waals surface area contributed by atoms with E-state index < -0.39 is 6.61 Å². The van der Waals surface area contributed by atoms with Crippen molar-refractivity contribution in [3.8, 4) is 5.75 Å². The monoisotopic (exact) mass is 317 g/mol. The van der Waals surface area contributed by atoms with Crippen molar-refractivity contribution in [3.05, 3.63) is 36.9 Å². The van der Waals surface area contributed by atoms with Crippen molar-refractivity contribution in [2.75, 3.05) is 5.32 Å². The molecule has 2 aromatic heterocycles. The molecule has 0 saturated heterocycles. The minimum absolute atomic E-state index is 0.108. The van der Waals surface area contributed by atoms with Crippen LogP contribution in [0.5, 0.6) is 5.75 Å². The van der Waals surface area contributed by atoms with E-state index in [2.05, 4.69) is 29.6 Å². The molecule has 6 nitrogen and oxygen atoms in total. The van der Waals surface area contributed by atoms with Crippen molar-refractivity contribution >= 4 is 22.7 Å². The Balaban J connectivity index is 1.60. The Hall–Kier alpha value is -2.77. The average Bonchev–Trinajstić information content (AvgIpc) is 3.28. The van der Waals surface area contributed by atoms with Gasteiger partial charge in [-0.05, 0) is 37.1 Å². The first-order valence-corrected chi connectivity index (χ1v) is 7.20. The molecule has 2 heterocycles. The Morgan fingerprint density at radius 3 is 2.61 bits per heavy atom.